The van der Waals surface area contributed by atoms with Crippen LogP contribution < -0.4 is 9.47 Å². The summed E-state index contributed by atoms with van der Waals surface area (Å²) in [5.41, 5.74) is 6.05. The highest BCUT2D eigenvalue weighted by atomic mass is 16.5. The van der Waals surface area contributed by atoms with E-state index in [0.29, 0.717) is 56.0 Å². The third-order valence-corrected chi connectivity index (χ3v) is 8.92. The van der Waals surface area contributed by atoms with Crippen LogP contribution in [0.5, 0.6) is 34.5 Å². The minimum Gasteiger partial charge on any atom is -0.507 e. The Bertz CT molecular complexity index is 1720. The van der Waals surface area contributed by atoms with Crippen molar-refractivity contribution < 1.29 is 29.9 Å². The first-order valence-corrected chi connectivity index (χ1v) is 16.1. The van der Waals surface area contributed by atoms with Crippen LogP contribution in [0.25, 0.3) is 0 Å². The highest BCUT2D eigenvalue weighted by Gasteiger charge is 2.25. The fraction of sp³-hybridized carbons (Fsp3) is 0.333. The molecule has 0 spiro atoms. The second-order valence-electron chi connectivity index (χ2n) is 14.7. The quantitative estimate of drug-likeness (QED) is 0.149. The molecule has 0 fully saturated rings. The monoisotopic (exact) mass is 644 g/mol. The molecule has 0 aromatic heterocycles. The molecule has 0 radical (unpaired) electrons. The summed E-state index contributed by atoms with van der Waals surface area (Å²) in [6.07, 6.45) is 11.8. The zero-order valence-electron chi connectivity index (χ0n) is 28.6. The van der Waals surface area contributed by atoms with Crippen molar-refractivity contribution in [1.82, 2.24) is 0 Å². The van der Waals surface area contributed by atoms with Gasteiger partial charge in [0, 0.05) is 47.9 Å². The van der Waals surface area contributed by atoms with Gasteiger partial charge in [-0.3, -0.25) is 0 Å². The van der Waals surface area contributed by atoms with Gasteiger partial charge in [-0.25, -0.2) is 0 Å². The van der Waals surface area contributed by atoms with Crippen LogP contribution in [0.4, 0.5) is 0 Å². The van der Waals surface area contributed by atoms with E-state index >= 15 is 0 Å². The van der Waals surface area contributed by atoms with Gasteiger partial charge in [0.1, 0.15) is 47.7 Å². The van der Waals surface area contributed by atoms with E-state index in [0.717, 1.165) is 11.1 Å². The van der Waals surface area contributed by atoms with Crippen molar-refractivity contribution in [2.24, 2.45) is 0 Å². The van der Waals surface area contributed by atoms with Crippen molar-refractivity contribution in [2.45, 2.75) is 78.1 Å². The molecule has 5 rings (SSSR count). The lowest BCUT2D eigenvalue weighted by molar-refractivity contribution is 0.367. The van der Waals surface area contributed by atoms with Gasteiger partial charge in [-0.15, -0.1) is 12.8 Å². The Kier molecular flexibility index (Phi) is 9.34. The number of terminal acetylenes is 2. The Balaban J connectivity index is 1.84. The molecule has 6 nitrogen and oxygen atoms in total. The fourth-order valence-corrected chi connectivity index (χ4v) is 6.16. The molecule has 1 aliphatic rings. The van der Waals surface area contributed by atoms with E-state index in [-0.39, 0.29) is 72.7 Å². The van der Waals surface area contributed by atoms with E-state index in [1.54, 1.807) is 24.3 Å². The second-order valence-corrected chi connectivity index (χ2v) is 14.7. The van der Waals surface area contributed by atoms with Crippen molar-refractivity contribution in [3.8, 4) is 59.2 Å². The van der Waals surface area contributed by atoms with E-state index in [1.807, 2.05) is 24.3 Å². The molecule has 0 amide bonds. The number of hydrogen-bond donors (Lipinski definition) is 4. The summed E-state index contributed by atoms with van der Waals surface area (Å²) in [5, 5.41) is 47.0. The lowest BCUT2D eigenvalue weighted by atomic mass is 9.81. The SMILES string of the molecule is C#CCOc1cc2c(O)c(c1)Cc1cc(C(C)(C)C)cc(c1O)Cc1cc(OCC#C)cc(c1O)Cc1cc(C(C)(C)C)cc(c1O)C2. The minimum atomic E-state index is -0.265. The molecule has 4 aromatic rings. The van der Waals surface area contributed by atoms with Gasteiger partial charge in [0.25, 0.3) is 0 Å². The Morgan fingerprint density at radius 1 is 0.479 bits per heavy atom. The van der Waals surface area contributed by atoms with E-state index < -0.39 is 0 Å². The van der Waals surface area contributed by atoms with Gasteiger partial charge in [-0.1, -0.05) is 77.6 Å². The van der Waals surface area contributed by atoms with E-state index in [2.05, 4.69) is 53.4 Å². The van der Waals surface area contributed by atoms with Gasteiger partial charge in [0.15, 0.2) is 0 Å². The predicted molar refractivity (Wildman–Crippen MR) is 190 cm³/mol. The summed E-state index contributed by atoms with van der Waals surface area (Å²) < 4.78 is 11.7. The van der Waals surface area contributed by atoms with Crippen LogP contribution in [0, 0.1) is 24.7 Å². The molecule has 8 bridgehead atoms. The third-order valence-electron chi connectivity index (χ3n) is 8.92. The van der Waals surface area contributed by atoms with Gasteiger partial charge >= 0.3 is 0 Å². The van der Waals surface area contributed by atoms with Crippen molar-refractivity contribution in [3.05, 3.63) is 104 Å². The molecule has 1 aliphatic carbocycles. The third kappa shape index (κ3) is 7.19. The van der Waals surface area contributed by atoms with Crippen molar-refractivity contribution in [1.29, 1.82) is 0 Å². The zero-order valence-corrected chi connectivity index (χ0v) is 28.6. The van der Waals surface area contributed by atoms with Crippen LogP contribution in [0.15, 0.2) is 48.5 Å². The summed E-state index contributed by atoms with van der Waals surface area (Å²) in [7, 11) is 0. The van der Waals surface area contributed by atoms with Gasteiger partial charge in [0.2, 0.25) is 0 Å². The van der Waals surface area contributed by atoms with Gasteiger partial charge in [0.05, 0.1) is 0 Å². The Morgan fingerprint density at radius 2 is 0.708 bits per heavy atom. The second kappa shape index (κ2) is 13.1. The number of fused-ring (bicyclic) bond motifs is 8. The molecule has 0 unspecified atom stereocenters. The highest BCUT2D eigenvalue weighted by molar-refractivity contribution is 5.59. The van der Waals surface area contributed by atoms with Crippen LogP contribution >= 0.6 is 0 Å². The predicted octanol–water partition coefficient (Wildman–Crippen LogP) is 7.80. The molecule has 4 N–H and O–H groups in total. The number of rotatable bonds is 4. The van der Waals surface area contributed by atoms with Gasteiger partial charge in [-0.2, -0.15) is 0 Å². The molecule has 0 heterocycles. The number of ether oxygens (including phenoxy) is 2. The Morgan fingerprint density at radius 3 is 0.917 bits per heavy atom. The highest BCUT2D eigenvalue weighted by Crippen LogP contribution is 2.42. The van der Waals surface area contributed by atoms with Crippen molar-refractivity contribution in [2.75, 3.05) is 13.2 Å². The molecule has 4 aromatic carbocycles. The summed E-state index contributed by atoms with van der Waals surface area (Å²) in [6.45, 7) is 12.7. The van der Waals surface area contributed by atoms with Crippen molar-refractivity contribution >= 4 is 0 Å². The topological polar surface area (TPSA) is 99.4 Å². The number of hydrogen-bond acceptors (Lipinski definition) is 6. The maximum absolute atomic E-state index is 11.8. The standard InChI is InChI=1S/C42H44O6/c1-9-11-47-35-21-29-13-25-17-33(41(3,4)5)19-27(37(25)43)15-31-23-36(48-12-10-2)24-32(40(31)46)16-28-20-34(42(6,7)8)18-26(38(28)44)14-30(22-35)39(29)45/h1-2,17-24,43-46H,11-16H2,3-8H3. The first-order valence-electron chi connectivity index (χ1n) is 16.1. The smallest absolute Gasteiger partial charge is 0.148 e. The van der Waals surface area contributed by atoms with Crippen LogP contribution in [-0.4, -0.2) is 33.6 Å². The summed E-state index contributed by atoms with van der Waals surface area (Å²) in [4.78, 5) is 0. The molecule has 0 saturated heterocycles. The van der Waals surface area contributed by atoms with Gasteiger partial charge in [-0.05, 0) is 68.5 Å². The van der Waals surface area contributed by atoms with E-state index in [9.17, 15) is 20.4 Å². The minimum absolute atomic E-state index is 0.0434. The largest absolute Gasteiger partial charge is 0.507 e. The normalized spacial score (nSPS) is 12.9. The van der Waals surface area contributed by atoms with Crippen molar-refractivity contribution in [3.63, 3.8) is 0 Å². The van der Waals surface area contributed by atoms with Crippen LogP contribution in [0.2, 0.25) is 0 Å². The first kappa shape index (κ1) is 34.1. The van der Waals surface area contributed by atoms with E-state index in [1.165, 1.54) is 0 Å². The number of aromatic hydroxyl groups is 4. The van der Waals surface area contributed by atoms with Crippen LogP contribution in [-0.2, 0) is 36.5 Å². The molecule has 0 atom stereocenters. The maximum Gasteiger partial charge on any atom is 0.148 e. The zero-order chi connectivity index (χ0) is 35.0. The van der Waals surface area contributed by atoms with Crippen LogP contribution in [0.3, 0.4) is 0 Å². The average Bonchev–Trinajstić information content (AvgIpc) is 3.01. The number of phenolic OH excluding ortho intramolecular Hbond substituents is 4. The molecule has 0 aliphatic heterocycles. The Hall–Kier alpha value is -5.20. The molecular formula is C42H44O6. The lowest BCUT2D eigenvalue weighted by Gasteiger charge is -2.25. The first-order chi connectivity index (χ1) is 22.6. The molecule has 0 saturated carbocycles. The summed E-state index contributed by atoms with van der Waals surface area (Å²) >= 11 is 0. The Labute approximate surface area is 284 Å². The van der Waals surface area contributed by atoms with Gasteiger partial charge < -0.3 is 29.9 Å². The fourth-order valence-electron chi connectivity index (χ4n) is 6.16. The van der Waals surface area contributed by atoms with Crippen LogP contribution in [0.1, 0.15) is 97.2 Å². The lowest BCUT2D eigenvalue weighted by Crippen LogP contribution is -2.13. The molecule has 248 valence electrons. The molecule has 6 heteroatoms. The summed E-state index contributed by atoms with van der Waals surface area (Å²) in [5.74, 6) is 6.20. The van der Waals surface area contributed by atoms with E-state index in [4.69, 9.17) is 22.3 Å². The molecule has 48 heavy (non-hydrogen) atoms. The number of phenols is 4. The maximum atomic E-state index is 11.8. The average molecular weight is 645 g/mol. The summed E-state index contributed by atoms with van der Waals surface area (Å²) in [6, 6.07) is 14.8. The molecular weight excluding hydrogens is 600 g/mol. The number of benzene rings is 4.